The first-order valence-electron chi connectivity index (χ1n) is 7.65. The molecule has 3 atom stereocenters. The van der Waals surface area contributed by atoms with Crippen LogP contribution in [0.4, 0.5) is 0 Å². The Morgan fingerprint density at radius 3 is 2.43 bits per heavy atom. The highest BCUT2D eigenvalue weighted by Gasteiger charge is 2.33. The van der Waals surface area contributed by atoms with Gasteiger partial charge < -0.3 is 15.1 Å². The van der Waals surface area contributed by atoms with Crippen molar-refractivity contribution in [1.82, 2.24) is 9.80 Å². The van der Waals surface area contributed by atoms with Gasteiger partial charge in [0.1, 0.15) is 12.1 Å². The molecule has 0 bridgehead atoms. The first kappa shape index (κ1) is 17.9. The van der Waals surface area contributed by atoms with E-state index >= 15 is 0 Å². The molecule has 6 nitrogen and oxygen atoms in total. The van der Waals surface area contributed by atoms with Gasteiger partial charge in [-0.3, -0.25) is 14.5 Å². The number of amides is 1. The second-order valence-electron chi connectivity index (χ2n) is 6.43. The normalized spacial score (nSPS) is 21.9. The van der Waals surface area contributed by atoms with Gasteiger partial charge >= 0.3 is 5.97 Å². The standard InChI is InChI=1S/C15H28N2O4/c1-10(2)8-13(15(20)21)16(4)9-12-6-5-7-17(12)14(19)11(3)18/h10-13,18H,5-9H2,1-4H3,(H,20,21)/t11?,12-,13?/m0/s1. The predicted molar refractivity (Wildman–Crippen MR) is 79.9 cm³/mol. The Hall–Kier alpha value is -1.14. The third kappa shape index (κ3) is 4.97. The number of nitrogens with zero attached hydrogens (tertiary/aromatic N) is 2. The van der Waals surface area contributed by atoms with Crippen molar-refractivity contribution >= 4 is 11.9 Å². The molecule has 0 radical (unpaired) electrons. The molecule has 0 aromatic carbocycles. The maximum absolute atomic E-state index is 12.0. The van der Waals surface area contributed by atoms with E-state index in [9.17, 15) is 19.8 Å². The van der Waals surface area contributed by atoms with E-state index in [2.05, 4.69) is 0 Å². The first-order valence-corrected chi connectivity index (χ1v) is 7.65. The van der Waals surface area contributed by atoms with E-state index < -0.39 is 18.1 Å². The van der Waals surface area contributed by atoms with Gasteiger partial charge in [-0.2, -0.15) is 0 Å². The minimum Gasteiger partial charge on any atom is -0.480 e. The van der Waals surface area contributed by atoms with Crippen molar-refractivity contribution in [2.75, 3.05) is 20.1 Å². The molecule has 1 saturated heterocycles. The maximum atomic E-state index is 12.0. The third-order valence-corrected chi connectivity index (χ3v) is 4.03. The average molecular weight is 300 g/mol. The maximum Gasteiger partial charge on any atom is 0.320 e. The van der Waals surface area contributed by atoms with Crippen LogP contribution >= 0.6 is 0 Å². The number of rotatable bonds is 7. The Kier molecular flexibility index (Phi) is 6.61. The summed E-state index contributed by atoms with van der Waals surface area (Å²) in [4.78, 5) is 26.9. The summed E-state index contributed by atoms with van der Waals surface area (Å²) < 4.78 is 0. The fraction of sp³-hybridized carbons (Fsp3) is 0.867. The number of carboxylic acid groups (broad SMARTS) is 1. The van der Waals surface area contributed by atoms with Crippen LogP contribution < -0.4 is 0 Å². The molecule has 0 aromatic rings. The average Bonchev–Trinajstić information content (AvgIpc) is 2.82. The lowest BCUT2D eigenvalue weighted by Gasteiger charge is -2.32. The number of likely N-dealkylation sites (N-methyl/N-ethyl adjacent to an activating group) is 1. The molecule has 1 fully saturated rings. The van der Waals surface area contributed by atoms with Crippen molar-refractivity contribution < 1.29 is 19.8 Å². The molecule has 1 aliphatic heterocycles. The second kappa shape index (κ2) is 7.75. The molecule has 0 spiro atoms. The number of aliphatic hydroxyl groups is 1. The molecule has 6 heteroatoms. The second-order valence-corrected chi connectivity index (χ2v) is 6.43. The number of carbonyl (C=O) groups is 2. The van der Waals surface area contributed by atoms with Gasteiger partial charge in [0.2, 0.25) is 0 Å². The molecular formula is C15H28N2O4. The van der Waals surface area contributed by atoms with Crippen LogP contribution in [-0.4, -0.2) is 70.2 Å². The van der Waals surface area contributed by atoms with Gasteiger partial charge in [0.15, 0.2) is 0 Å². The van der Waals surface area contributed by atoms with Crippen LogP contribution in [0, 0.1) is 5.92 Å². The summed E-state index contributed by atoms with van der Waals surface area (Å²) in [6.45, 7) is 6.65. The Morgan fingerprint density at radius 2 is 1.95 bits per heavy atom. The lowest BCUT2D eigenvalue weighted by atomic mass is 10.0. The highest BCUT2D eigenvalue weighted by Crippen LogP contribution is 2.21. The predicted octanol–water partition coefficient (Wildman–Crippen LogP) is 0.789. The van der Waals surface area contributed by atoms with Gasteiger partial charge in [-0.05, 0) is 39.2 Å². The zero-order valence-corrected chi connectivity index (χ0v) is 13.5. The zero-order valence-electron chi connectivity index (χ0n) is 13.5. The fourth-order valence-corrected chi connectivity index (χ4v) is 2.93. The van der Waals surface area contributed by atoms with E-state index in [0.29, 0.717) is 25.4 Å². The zero-order chi connectivity index (χ0) is 16.2. The molecule has 0 saturated carbocycles. The highest BCUT2D eigenvalue weighted by molar-refractivity contribution is 5.80. The molecule has 2 unspecified atom stereocenters. The van der Waals surface area contributed by atoms with E-state index in [1.807, 2.05) is 18.7 Å². The Morgan fingerprint density at radius 1 is 1.33 bits per heavy atom. The number of hydrogen-bond donors (Lipinski definition) is 2. The molecule has 1 rings (SSSR count). The molecule has 0 aromatic heterocycles. The molecule has 0 aliphatic carbocycles. The van der Waals surface area contributed by atoms with E-state index in [4.69, 9.17) is 0 Å². The topological polar surface area (TPSA) is 81.1 Å². The largest absolute Gasteiger partial charge is 0.480 e. The lowest BCUT2D eigenvalue weighted by Crippen LogP contribution is -2.49. The van der Waals surface area contributed by atoms with E-state index in [-0.39, 0.29) is 11.9 Å². The van der Waals surface area contributed by atoms with Crippen molar-refractivity contribution in [3.63, 3.8) is 0 Å². The smallest absolute Gasteiger partial charge is 0.320 e. The minimum absolute atomic E-state index is 0.00823. The van der Waals surface area contributed by atoms with E-state index in [1.54, 1.807) is 11.9 Å². The van der Waals surface area contributed by atoms with Crippen LogP contribution in [0.1, 0.15) is 40.0 Å². The molecule has 1 amide bonds. The van der Waals surface area contributed by atoms with Gasteiger partial charge in [0.05, 0.1) is 0 Å². The summed E-state index contributed by atoms with van der Waals surface area (Å²) in [7, 11) is 1.80. The van der Waals surface area contributed by atoms with E-state index in [1.165, 1.54) is 6.92 Å². The summed E-state index contributed by atoms with van der Waals surface area (Å²) >= 11 is 0. The minimum atomic E-state index is -0.998. The third-order valence-electron chi connectivity index (χ3n) is 4.03. The van der Waals surface area contributed by atoms with Crippen LogP contribution in [0.3, 0.4) is 0 Å². The van der Waals surface area contributed by atoms with Crippen molar-refractivity contribution in [2.24, 2.45) is 5.92 Å². The fourth-order valence-electron chi connectivity index (χ4n) is 2.93. The highest BCUT2D eigenvalue weighted by atomic mass is 16.4. The van der Waals surface area contributed by atoms with Crippen molar-refractivity contribution in [1.29, 1.82) is 0 Å². The monoisotopic (exact) mass is 300 g/mol. The van der Waals surface area contributed by atoms with Crippen LogP contribution in [0.15, 0.2) is 0 Å². The van der Waals surface area contributed by atoms with Crippen LogP contribution in [0.2, 0.25) is 0 Å². The summed E-state index contributed by atoms with van der Waals surface area (Å²) in [5.41, 5.74) is 0. The van der Waals surface area contributed by atoms with Crippen molar-refractivity contribution in [3.05, 3.63) is 0 Å². The number of hydrogen-bond acceptors (Lipinski definition) is 4. The molecule has 1 aliphatic rings. The van der Waals surface area contributed by atoms with Gasteiger partial charge in [0.25, 0.3) is 5.91 Å². The number of carboxylic acids is 1. The van der Waals surface area contributed by atoms with Gasteiger partial charge in [-0.25, -0.2) is 0 Å². The Bertz CT molecular complexity index is 371. The summed E-state index contributed by atoms with van der Waals surface area (Å²) in [5.74, 6) is -0.786. The van der Waals surface area contributed by atoms with Gasteiger partial charge in [-0.15, -0.1) is 0 Å². The molecule has 122 valence electrons. The summed E-state index contributed by atoms with van der Waals surface area (Å²) in [6, 6.07) is -0.541. The summed E-state index contributed by atoms with van der Waals surface area (Å²) in [6.07, 6.45) is 1.35. The molecule has 1 heterocycles. The SMILES string of the molecule is CC(C)CC(C(=O)O)N(C)C[C@@H]1CCCN1C(=O)C(C)O. The molecule has 21 heavy (non-hydrogen) atoms. The quantitative estimate of drug-likeness (QED) is 0.726. The Balaban J connectivity index is 2.69. The van der Waals surface area contributed by atoms with Crippen LogP contribution in [0.5, 0.6) is 0 Å². The van der Waals surface area contributed by atoms with Gasteiger partial charge in [-0.1, -0.05) is 13.8 Å². The first-order chi connectivity index (χ1) is 9.73. The van der Waals surface area contributed by atoms with Gasteiger partial charge in [0, 0.05) is 19.1 Å². The van der Waals surface area contributed by atoms with Crippen molar-refractivity contribution in [2.45, 2.75) is 58.2 Å². The Labute approximate surface area is 126 Å². The number of carbonyl (C=O) groups excluding carboxylic acids is 1. The van der Waals surface area contributed by atoms with Crippen LogP contribution in [0.25, 0.3) is 0 Å². The molecular weight excluding hydrogens is 272 g/mol. The lowest BCUT2D eigenvalue weighted by molar-refractivity contribution is -0.144. The van der Waals surface area contributed by atoms with E-state index in [0.717, 1.165) is 12.8 Å². The molecule has 2 N–H and O–H groups in total. The number of likely N-dealkylation sites (tertiary alicyclic amines) is 1. The number of aliphatic hydroxyl groups excluding tert-OH is 1. The van der Waals surface area contributed by atoms with Crippen molar-refractivity contribution in [3.8, 4) is 0 Å². The van der Waals surface area contributed by atoms with Crippen LogP contribution in [-0.2, 0) is 9.59 Å². The number of aliphatic carboxylic acids is 1. The summed E-state index contributed by atoms with van der Waals surface area (Å²) in [5, 5.41) is 18.8.